The highest BCUT2D eigenvalue weighted by Gasteiger charge is 2.38. The first-order chi connectivity index (χ1) is 28.3. The molecule has 276 valence electrons. The molecule has 2 heterocycles. The minimum Gasteiger partial charge on any atom is -0.309 e. The normalized spacial score (nSPS) is 14.5. The van der Waals surface area contributed by atoms with E-state index >= 15 is 0 Å². The third-order valence-electron chi connectivity index (χ3n) is 13.2. The molecule has 0 radical (unpaired) electrons. The van der Waals surface area contributed by atoms with Gasteiger partial charge in [-0.3, -0.25) is 0 Å². The van der Waals surface area contributed by atoms with Gasteiger partial charge in [0.1, 0.15) is 0 Å². The minimum atomic E-state index is -0.144. The number of benzene rings is 8. The highest BCUT2D eigenvalue weighted by Crippen LogP contribution is 2.55. The zero-order chi connectivity index (χ0) is 38.9. The van der Waals surface area contributed by atoms with Crippen molar-refractivity contribution in [3.05, 3.63) is 192 Å². The lowest BCUT2D eigenvalue weighted by Crippen LogP contribution is -2.18. The van der Waals surface area contributed by atoms with Gasteiger partial charge in [-0.1, -0.05) is 155 Å². The molecular formula is C55H40N2S. The van der Waals surface area contributed by atoms with Crippen LogP contribution < -0.4 is 4.90 Å². The van der Waals surface area contributed by atoms with Crippen LogP contribution in [0.5, 0.6) is 0 Å². The first-order valence-corrected chi connectivity index (χ1v) is 21.1. The molecule has 0 amide bonds. The van der Waals surface area contributed by atoms with Crippen LogP contribution in [0.3, 0.4) is 0 Å². The van der Waals surface area contributed by atoms with Crippen LogP contribution >= 0.6 is 11.3 Å². The summed E-state index contributed by atoms with van der Waals surface area (Å²) in [7, 11) is 0. The highest BCUT2D eigenvalue weighted by atomic mass is 32.1. The van der Waals surface area contributed by atoms with Gasteiger partial charge >= 0.3 is 0 Å². The van der Waals surface area contributed by atoms with E-state index in [4.69, 9.17) is 4.98 Å². The van der Waals surface area contributed by atoms with Crippen LogP contribution in [0.1, 0.15) is 49.9 Å². The van der Waals surface area contributed by atoms with E-state index in [1.54, 1.807) is 0 Å². The fraction of sp³-hybridized carbons (Fsp3) is 0.109. The number of hydrogen-bond acceptors (Lipinski definition) is 3. The molecule has 2 aliphatic rings. The van der Waals surface area contributed by atoms with Crippen molar-refractivity contribution in [2.24, 2.45) is 0 Å². The van der Waals surface area contributed by atoms with Crippen molar-refractivity contribution in [2.45, 2.75) is 38.5 Å². The molecule has 0 fully saturated rings. The van der Waals surface area contributed by atoms with Crippen molar-refractivity contribution in [1.29, 1.82) is 0 Å². The van der Waals surface area contributed by atoms with Gasteiger partial charge in [0, 0.05) is 59.4 Å². The summed E-state index contributed by atoms with van der Waals surface area (Å²) >= 11 is 1.90. The van der Waals surface area contributed by atoms with Crippen molar-refractivity contribution in [2.75, 3.05) is 4.90 Å². The summed E-state index contributed by atoms with van der Waals surface area (Å²) in [5.74, 6) is 0. The van der Waals surface area contributed by atoms with Crippen LogP contribution in [0.2, 0.25) is 0 Å². The van der Waals surface area contributed by atoms with Gasteiger partial charge < -0.3 is 4.90 Å². The summed E-state index contributed by atoms with van der Waals surface area (Å²) in [5, 5.41) is 6.16. The Hall–Kier alpha value is -6.55. The third-order valence-corrected chi connectivity index (χ3v) is 14.4. The third kappa shape index (κ3) is 4.57. The smallest absolute Gasteiger partial charge is 0.0789 e. The number of thiophene rings is 1. The monoisotopic (exact) mass is 760 g/mol. The molecule has 12 rings (SSSR count). The number of rotatable bonds is 4. The molecule has 0 atom stereocenters. The number of para-hydroxylation sites is 1. The Balaban J connectivity index is 1.22. The van der Waals surface area contributed by atoms with Crippen LogP contribution in [0.15, 0.2) is 170 Å². The summed E-state index contributed by atoms with van der Waals surface area (Å²) < 4.78 is 2.56. The van der Waals surface area contributed by atoms with Gasteiger partial charge in [0.25, 0.3) is 0 Å². The average Bonchev–Trinajstić information content (AvgIpc) is 3.84. The van der Waals surface area contributed by atoms with Crippen molar-refractivity contribution in [1.82, 2.24) is 4.98 Å². The van der Waals surface area contributed by atoms with E-state index in [2.05, 4.69) is 202 Å². The quantitative estimate of drug-likeness (QED) is 0.166. The predicted molar refractivity (Wildman–Crippen MR) is 247 cm³/mol. The standard InChI is InChI=1S/C55H40N2S/c1-54(2)43-22-12-8-18-36(43)38-28-26-34(30-45(38)54)57(35-27-29-39-37-19-9-13-23-44(37)55(3,4)46(39)31-35)48-32-42-50(51-41-21-11-15-25-49(41)58-53(48)51)40-20-10-14-24-47(40)56-52(42)33-16-6-5-7-17-33/h5-32H,1-4H3. The molecule has 3 heteroatoms. The van der Waals surface area contributed by atoms with Gasteiger partial charge in [-0.05, 0) is 87.0 Å². The Bertz CT molecular complexity index is 3240. The van der Waals surface area contributed by atoms with E-state index in [1.807, 2.05) is 11.3 Å². The number of fused-ring (bicyclic) bond motifs is 13. The zero-order valence-corrected chi connectivity index (χ0v) is 33.8. The van der Waals surface area contributed by atoms with Gasteiger partial charge in [0.2, 0.25) is 0 Å². The largest absolute Gasteiger partial charge is 0.309 e. The lowest BCUT2D eigenvalue weighted by molar-refractivity contribution is 0.660. The molecule has 0 aliphatic heterocycles. The first kappa shape index (κ1) is 33.6. The molecule has 0 saturated heterocycles. The Morgan fingerprint density at radius 3 is 1.64 bits per heavy atom. The fourth-order valence-corrected chi connectivity index (χ4v) is 11.6. The van der Waals surface area contributed by atoms with Gasteiger partial charge in [-0.2, -0.15) is 0 Å². The summed E-state index contributed by atoms with van der Waals surface area (Å²) in [6, 6.07) is 63.1. The van der Waals surface area contributed by atoms with Crippen LogP contribution in [0.25, 0.3) is 75.4 Å². The summed E-state index contributed by atoms with van der Waals surface area (Å²) in [5.41, 5.74) is 17.1. The van der Waals surface area contributed by atoms with Crippen molar-refractivity contribution >= 4 is 70.2 Å². The lowest BCUT2D eigenvalue weighted by Gasteiger charge is -2.30. The maximum atomic E-state index is 5.45. The molecule has 0 bridgehead atoms. The molecule has 2 aromatic heterocycles. The van der Waals surface area contributed by atoms with Gasteiger partial charge in [0.15, 0.2) is 0 Å². The molecule has 58 heavy (non-hydrogen) atoms. The van der Waals surface area contributed by atoms with E-state index < -0.39 is 0 Å². The molecule has 10 aromatic rings. The van der Waals surface area contributed by atoms with Crippen molar-refractivity contribution in [3.63, 3.8) is 0 Å². The van der Waals surface area contributed by atoms with Crippen LogP contribution in [0.4, 0.5) is 17.1 Å². The van der Waals surface area contributed by atoms with E-state index in [0.717, 1.165) is 33.5 Å². The highest BCUT2D eigenvalue weighted by molar-refractivity contribution is 7.26. The zero-order valence-electron chi connectivity index (χ0n) is 33.0. The second kappa shape index (κ2) is 12.0. The molecule has 0 N–H and O–H groups in total. The Morgan fingerprint density at radius 1 is 0.448 bits per heavy atom. The van der Waals surface area contributed by atoms with Crippen molar-refractivity contribution < 1.29 is 0 Å². The maximum Gasteiger partial charge on any atom is 0.0789 e. The summed E-state index contributed by atoms with van der Waals surface area (Å²) in [6.07, 6.45) is 0. The summed E-state index contributed by atoms with van der Waals surface area (Å²) in [4.78, 5) is 8.01. The number of pyridine rings is 1. The van der Waals surface area contributed by atoms with Crippen LogP contribution in [0, 0.1) is 0 Å². The Labute approximate surface area is 342 Å². The van der Waals surface area contributed by atoms with Crippen LogP contribution in [-0.2, 0) is 10.8 Å². The van der Waals surface area contributed by atoms with E-state index in [9.17, 15) is 0 Å². The molecule has 8 aromatic carbocycles. The van der Waals surface area contributed by atoms with Crippen LogP contribution in [-0.4, -0.2) is 4.98 Å². The molecular weight excluding hydrogens is 721 g/mol. The van der Waals surface area contributed by atoms with Gasteiger partial charge in [-0.15, -0.1) is 11.3 Å². The number of nitrogens with zero attached hydrogens (tertiary/aromatic N) is 2. The van der Waals surface area contributed by atoms with E-state index in [1.165, 1.54) is 81.1 Å². The topological polar surface area (TPSA) is 16.1 Å². The second-order valence-corrected chi connectivity index (χ2v) is 18.2. The summed E-state index contributed by atoms with van der Waals surface area (Å²) in [6.45, 7) is 9.52. The number of hydrogen-bond donors (Lipinski definition) is 0. The fourth-order valence-electron chi connectivity index (χ4n) is 10.4. The maximum absolute atomic E-state index is 5.45. The average molecular weight is 761 g/mol. The molecule has 0 saturated carbocycles. The Morgan fingerprint density at radius 2 is 0.983 bits per heavy atom. The first-order valence-electron chi connectivity index (χ1n) is 20.3. The van der Waals surface area contributed by atoms with E-state index in [-0.39, 0.29) is 10.8 Å². The number of aromatic nitrogens is 1. The second-order valence-electron chi connectivity index (χ2n) is 17.1. The Kier molecular flexibility index (Phi) is 6.94. The molecule has 2 aliphatic carbocycles. The van der Waals surface area contributed by atoms with E-state index in [0.29, 0.717) is 0 Å². The van der Waals surface area contributed by atoms with Gasteiger partial charge in [0.05, 0.1) is 21.6 Å². The SMILES string of the molecule is CC1(C)c2ccccc2-c2ccc(N(c3ccc4c(c3)C(C)(C)c3ccccc3-4)c3cc4c(-c5ccccc5)nc5ccccc5c4c4c3sc3ccccc34)cc21. The number of anilines is 3. The minimum absolute atomic E-state index is 0.144. The predicted octanol–water partition coefficient (Wildman–Crippen LogP) is 15.5. The molecule has 0 spiro atoms. The molecule has 0 unspecified atom stereocenters. The molecule has 2 nitrogen and oxygen atoms in total. The lowest BCUT2D eigenvalue weighted by atomic mass is 9.82. The van der Waals surface area contributed by atoms with Crippen molar-refractivity contribution in [3.8, 4) is 33.5 Å². The van der Waals surface area contributed by atoms with Gasteiger partial charge in [-0.25, -0.2) is 4.98 Å².